The summed E-state index contributed by atoms with van der Waals surface area (Å²) in [6.07, 6.45) is -2.82. The molecule has 1 unspecified atom stereocenters. The number of aryl methyl sites for hydroxylation is 2. The average molecular weight is 229 g/mol. The summed E-state index contributed by atoms with van der Waals surface area (Å²) < 4.78 is 69.6. The highest BCUT2D eigenvalue weighted by Gasteiger charge is 2.22. The number of carbonyl (C=O) groups is 1. The lowest BCUT2D eigenvalue weighted by molar-refractivity contribution is 0.105. The van der Waals surface area contributed by atoms with E-state index >= 15 is 0 Å². The number of amides is 1. The highest BCUT2D eigenvalue weighted by molar-refractivity contribution is 5.69. The van der Waals surface area contributed by atoms with Crippen molar-refractivity contribution in [1.82, 2.24) is 5.31 Å². The van der Waals surface area contributed by atoms with Crippen molar-refractivity contribution in [3.63, 3.8) is 0 Å². The van der Waals surface area contributed by atoms with E-state index in [2.05, 4.69) is 0 Å². The Bertz CT molecular complexity index is 612. The van der Waals surface area contributed by atoms with E-state index in [-0.39, 0.29) is 23.4 Å². The van der Waals surface area contributed by atoms with Gasteiger partial charge in [-0.05, 0) is 37.0 Å². The van der Waals surface area contributed by atoms with Crippen LogP contribution in [0.1, 0.15) is 20.7 Å². The first-order chi connectivity index (χ1) is 10.8. The molecule has 4 nitrogen and oxygen atoms in total. The minimum Gasteiger partial charge on any atom is -0.490 e. The van der Waals surface area contributed by atoms with Crippen LogP contribution in [-0.2, 0) is 4.74 Å². The van der Waals surface area contributed by atoms with Crippen LogP contribution in [0.2, 0.25) is 1.41 Å². The van der Waals surface area contributed by atoms with Crippen LogP contribution in [0.4, 0.5) is 4.79 Å². The molecule has 1 aromatic rings. The Kier molecular flexibility index (Phi) is 1.29. The van der Waals surface area contributed by atoms with Crippen LogP contribution < -0.4 is 10.0 Å². The van der Waals surface area contributed by atoms with Crippen molar-refractivity contribution in [2.45, 2.75) is 19.8 Å². The smallest absolute Gasteiger partial charge is 0.407 e. The number of alkyl carbamates (subject to hydrolysis) is 1. The molecule has 1 aliphatic heterocycles. The average Bonchev–Trinajstić information content (AvgIpc) is 2.68. The Morgan fingerprint density at radius 2 is 2.38 bits per heavy atom. The molecule has 0 radical (unpaired) electrons. The van der Waals surface area contributed by atoms with Crippen LogP contribution in [0, 0.1) is 13.7 Å². The van der Waals surface area contributed by atoms with Gasteiger partial charge in [0, 0.05) is 8.22 Å². The number of ether oxygens (including phenoxy) is 2. The molecular formula is C12H15NO3. The van der Waals surface area contributed by atoms with Gasteiger partial charge in [-0.3, -0.25) is 0 Å². The van der Waals surface area contributed by atoms with Crippen molar-refractivity contribution < 1.29 is 25.3 Å². The van der Waals surface area contributed by atoms with E-state index in [0.717, 1.165) is 18.2 Å². The SMILES string of the molecule is [2H]N1CC([2H])(COc2cc(C([2H])([2H])[2H])cc(C([2H])([2H])[2H])c2)OC1=O. The second-order valence-electron chi connectivity index (χ2n) is 3.26. The van der Waals surface area contributed by atoms with Crippen LogP contribution in [-0.4, -0.2) is 25.3 Å². The molecule has 1 N–H and O–H groups in total. The Balaban J connectivity index is 2.25. The topological polar surface area (TPSA) is 47.6 Å². The third-order valence-corrected chi connectivity index (χ3v) is 1.92. The fourth-order valence-electron chi connectivity index (χ4n) is 1.26. The van der Waals surface area contributed by atoms with Crippen molar-refractivity contribution in [3.8, 4) is 5.75 Å². The molecule has 0 aliphatic carbocycles. The molecule has 1 fully saturated rings. The summed E-state index contributed by atoms with van der Waals surface area (Å²) in [5.74, 6) is -0.0687. The Morgan fingerprint density at radius 3 is 2.94 bits per heavy atom. The number of nitrogens with one attached hydrogen (secondary N) is 1. The molecule has 1 saturated heterocycles. The van der Waals surface area contributed by atoms with Gasteiger partial charge in [0.05, 0.1) is 7.92 Å². The zero-order valence-electron chi connectivity index (χ0n) is 16.3. The standard InChI is InChI=1S/C12H15NO3/c1-8-3-9(2)5-10(4-8)15-7-11-6-13-12(14)16-11/h3-5,11H,6-7H2,1-2H3,(H,13,14)/i1D3,2D3,11D/hD. The lowest BCUT2D eigenvalue weighted by Gasteiger charge is -2.11. The fourth-order valence-corrected chi connectivity index (χ4v) is 1.26. The first kappa shape index (κ1) is 4.65. The van der Waals surface area contributed by atoms with Crippen molar-refractivity contribution >= 4 is 6.09 Å². The van der Waals surface area contributed by atoms with Crippen LogP contribution in [0.3, 0.4) is 0 Å². The molecule has 4 heteroatoms. The second kappa shape index (κ2) is 4.43. The van der Waals surface area contributed by atoms with Gasteiger partial charge in [-0.1, -0.05) is 6.07 Å². The minimum atomic E-state index is -2.53. The van der Waals surface area contributed by atoms with Gasteiger partial charge in [-0.25, -0.2) is 4.79 Å². The van der Waals surface area contributed by atoms with E-state index in [1.807, 2.05) is 0 Å². The highest BCUT2D eigenvalue weighted by atomic mass is 16.6. The molecule has 1 heterocycles. The number of carbonyl (C=O) groups excluding carboxylic acids is 1. The largest absolute Gasteiger partial charge is 0.490 e. The molecule has 0 spiro atoms. The minimum absolute atomic E-state index is 0.0687. The van der Waals surface area contributed by atoms with E-state index in [9.17, 15) is 4.79 Å². The summed E-state index contributed by atoms with van der Waals surface area (Å²) in [5, 5.41) is 0.461. The van der Waals surface area contributed by atoms with Gasteiger partial charge >= 0.3 is 6.09 Å². The number of hydrogen-bond acceptors (Lipinski definition) is 3. The molecular weight excluding hydrogens is 206 g/mol. The van der Waals surface area contributed by atoms with E-state index in [1.54, 1.807) is 0 Å². The van der Waals surface area contributed by atoms with Crippen LogP contribution >= 0.6 is 0 Å². The van der Waals surface area contributed by atoms with Crippen molar-refractivity contribution in [1.29, 1.82) is 0 Å². The van der Waals surface area contributed by atoms with Crippen LogP contribution in [0.5, 0.6) is 5.75 Å². The Hall–Kier alpha value is -1.71. The predicted octanol–water partition coefficient (Wildman–Crippen LogP) is 1.79. The van der Waals surface area contributed by atoms with Gasteiger partial charge in [0.15, 0.2) is 7.49 Å². The first-order valence-electron chi connectivity index (χ1n) is 8.53. The van der Waals surface area contributed by atoms with Gasteiger partial charge in [-0.15, -0.1) is 0 Å². The van der Waals surface area contributed by atoms with Crippen molar-refractivity contribution in [2.24, 2.45) is 0 Å². The summed E-state index contributed by atoms with van der Waals surface area (Å²) in [7, 11) is 0. The van der Waals surface area contributed by atoms with Gasteiger partial charge in [-0.2, -0.15) is 0 Å². The molecule has 0 saturated carbocycles. The zero-order chi connectivity index (χ0) is 18.3. The number of hydrogen-bond donors (Lipinski definition) is 1. The highest BCUT2D eigenvalue weighted by Crippen LogP contribution is 2.16. The molecule has 1 aliphatic rings. The molecule has 16 heavy (non-hydrogen) atoms. The summed E-state index contributed by atoms with van der Waals surface area (Å²) in [5.41, 5.74) is -0.425. The van der Waals surface area contributed by atoms with E-state index < -0.39 is 32.5 Å². The van der Waals surface area contributed by atoms with Gasteiger partial charge < -0.3 is 14.8 Å². The summed E-state index contributed by atoms with van der Waals surface area (Å²) in [6.45, 7) is -5.89. The third-order valence-electron chi connectivity index (χ3n) is 1.92. The van der Waals surface area contributed by atoms with E-state index in [1.165, 1.54) is 0 Å². The zero-order valence-corrected chi connectivity index (χ0v) is 8.32. The van der Waals surface area contributed by atoms with Crippen molar-refractivity contribution in [2.75, 3.05) is 13.2 Å². The van der Waals surface area contributed by atoms with Crippen LogP contribution in [0.25, 0.3) is 0 Å². The monoisotopic (exact) mass is 229 g/mol. The number of benzene rings is 1. The molecule has 1 aromatic carbocycles. The maximum absolute atomic E-state index is 11.2. The van der Waals surface area contributed by atoms with Gasteiger partial charge in [0.1, 0.15) is 12.4 Å². The molecule has 1 atom stereocenters. The maximum atomic E-state index is 11.2. The normalized spacial score (nSPS) is 33.2. The quantitative estimate of drug-likeness (QED) is 0.859. The van der Waals surface area contributed by atoms with Crippen LogP contribution in [0.15, 0.2) is 18.2 Å². The lowest BCUT2D eigenvalue weighted by Crippen LogP contribution is -2.21. The van der Waals surface area contributed by atoms with E-state index in [4.69, 9.17) is 20.5 Å². The van der Waals surface area contributed by atoms with Gasteiger partial charge in [0.25, 0.3) is 0 Å². The lowest BCUT2D eigenvalue weighted by atomic mass is 10.1. The predicted molar refractivity (Wildman–Crippen MR) is 59.7 cm³/mol. The molecule has 0 aromatic heterocycles. The Morgan fingerprint density at radius 1 is 1.62 bits per heavy atom. The second-order valence-corrected chi connectivity index (χ2v) is 3.26. The van der Waals surface area contributed by atoms with Crippen molar-refractivity contribution in [3.05, 3.63) is 29.3 Å². The summed E-state index contributed by atoms with van der Waals surface area (Å²) >= 11 is 0. The first-order valence-corrected chi connectivity index (χ1v) is 4.58. The third kappa shape index (κ3) is 2.66. The van der Waals surface area contributed by atoms with Gasteiger partial charge in [0.2, 0.25) is 0 Å². The summed E-state index contributed by atoms with van der Waals surface area (Å²) in [4.78, 5) is 11.2. The van der Waals surface area contributed by atoms with E-state index in [0.29, 0.717) is 5.31 Å². The number of rotatable bonds is 3. The maximum Gasteiger partial charge on any atom is 0.407 e. The molecule has 1 amide bonds. The Labute approximate surface area is 106 Å². The molecule has 86 valence electrons. The molecule has 2 rings (SSSR count). The number of cyclic esters (lactones) is 1. The summed E-state index contributed by atoms with van der Waals surface area (Å²) in [6, 6.07) is 3.37. The molecule has 0 bridgehead atoms. The fraction of sp³-hybridized carbons (Fsp3) is 0.417.